The number of halogens is 4. The van der Waals surface area contributed by atoms with E-state index in [1.807, 2.05) is 0 Å². The number of anilines is 1. The molecule has 0 fully saturated rings. The lowest BCUT2D eigenvalue weighted by Crippen LogP contribution is -2.12. The number of nitrogens with zero attached hydrogens (tertiary/aromatic N) is 1. The molecule has 0 aliphatic heterocycles. The number of hydrogen-bond acceptors (Lipinski definition) is 2. The molecule has 1 N–H and O–H groups in total. The van der Waals surface area contributed by atoms with E-state index in [2.05, 4.69) is 32.2 Å². The van der Waals surface area contributed by atoms with E-state index in [1.54, 1.807) is 0 Å². The Morgan fingerprint density at radius 2 is 2.20 bits per heavy atom. The molecule has 0 aromatic carbocycles. The Morgan fingerprint density at radius 1 is 1.53 bits per heavy atom. The molecule has 0 saturated carbocycles. The zero-order valence-corrected chi connectivity index (χ0v) is 8.98. The van der Waals surface area contributed by atoms with Gasteiger partial charge >= 0.3 is 6.18 Å². The van der Waals surface area contributed by atoms with Crippen molar-refractivity contribution in [3.05, 3.63) is 22.3 Å². The van der Waals surface area contributed by atoms with Gasteiger partial charge in [0.25, 0.3) is 0 Å². The van der Waals surface area contributed by atoms with E-state index in [-0.39, 0.29) is 16.8 Å². The summed E-state index contributed by atoms with van der Waals surface area (Å²) in [5, 5.41) is 2.41. The highest BCUT2D eigenvalue weighted by Gasteiger charge is 2.34. The summed E-state index contributed by atoms with van der Waals surface area (Å²) in [6.45, 7) is -0.00227. The SMILES string of the molecule is C#CCNc1ncc(Br)cc1C(F)(F)F. The summed E-state index contributed by atoms with van der Waals surface area (Å²) in [6.07, 6.45) is 1.76. The predicted octanol–water partition coefficient (Wildman–Crippen LogP) is 2.91. The van der Waals surface area contributed by atoms with Gasteiger partial charge in [0.2, 0.25) is 0 Å². The fourth-order valence-electron chi connectivity index (χ4n) is 0.931. The van der Waals surface area contributed by atoms with Crippen molar-refractivity contribution in [1.82, 2.24) is 4.98 Å². The maximum atomic E-state index is 12.5. The van der Waals surface area contributed by atoms with Gasteiger partial charge in [0.15, 0.2) is 0 Å². The van der Waals surface area contributed by atoms with Gasteiger partial charge in [-0.05, 0) is 22.0 Å². The van der Waals surface area contributed by atoms with Crippen LogP contribution in [0.4, 0.5) is 19.0 Å². The van der Waals surface area contributed by atoms with E-state index in [9.17, 15) is 13.2 Å². The minimum absolute atomic E-state index is 0.00227. The zero-order valence-electron chi connectivity index (χ0n) is 7.40. The lowest BCUT2D eigenvalue weighted by Gasteiger charge is -2.12. The number of pyridine rings is 1. The maximum Gasteiger partial charge on any atom is 0.419 e. The minimum atomic E-state index is -4.45. The highest BCUT2D eigenvalue weighted by atomic mass is 79.9. The smallest absolute Gasteiger partial charge is 0.359 e. The largest absolute Gasteiger partial charge is 0.419 e. The van der Waals surface area contributed by atoms with E-state index in [4.69, 9.17) is 6.42 Å². The third-order valence-corrected chi connectivity index (χ3v) is 1.95. The molecule has 0 atom stereocenters. The van der Waals surface area contributed by atoms with Gasteiger partial charge in [0.1, 0.15) is 5.82 Å². The van der Waals surface area contributed by atoms with Gasteiger partial charge in [-0.3, -0.25) is 0 Å². The first-order valence-electron chi connectivity index (χ1n) is 3.85. The molecule has 0 bridgehead atoms. The summed E-state index contributed by atoms with van der Waals surface area (Å²) >= 11 is 2.93. The minimum Gasteiger partial charge on any atom is -0.359 e. The second-order valence-electron chi connectivity index (χ2n) is 2.61. The molecule has 6 heteroatoms. The summed E-state index contributed by atoms with van der Waals surface area (Å²) in [5.41, 5.74) is -0.841. The van der Waals surface area contributed by atoms with Crippen molar-refractivity contribution in [3.8, 4) is 12.3 Å². The average molecular weight is 279 g/mol. The number of terminal acetylenes is 1. The van der Waals surface area contributed by atoms with E-state index < -0.39 is 11.7 Å². The third-order valence-electron chi connectivity index (χ3n) is 1.52. The van der Waals surface area contributed by atoms with Gasteiger partial charge in [-0.1, -0.05) is 5.92 Å². The van der Waals surface area contributed by atoms with Gasteiger partial charge in [0, 0.05) is 10.7 Å². The van der Waals surface area contributed by atoms with Crippen LogP contribution in [0, 0.1) is 12.3 Å². The van der Waals surface area contributed by atoms with Crippen molar-refractivity contribution in [2.45, 2.75) is 6.18 Å². The van der Waals surface area contributed by atoms with Crippen molar-refractivity contribution in [2.75, 3.05) is 11.9 Å². The van der Waals surface area contributed by atoms with E-state index in [0.717, 1.165) is 6.07 Å². The molecular formula is C9H6BrF3N2. The van der Waals surface area contributed by atoms with Crippen molar-refractivity contribution >= 4 is 21.7 Å². The van der Waals surface area contributed by atoms with Gasteiger partial charge in [-0.15, -0.1) is 6.42 Å². The van der Waals surface area contributed by atoms with Gasteiger partial charge in [-0.25, -0.2) is 4.98 Å². The Morgan fingerprint density at radius 3 is 2.73 bits per heavy atom. The zero-order chi connectivity index (χ0) is 11.5. The quantitative estimate of drug-likeness (QED) is 0.842. The van der Waals surface area contributed by atoms with E-state index in [1.165, 1.54) is 6.20 Å². The number of aromatic nitrogens is 1. The molecule has 0 spiro atoms. The first kappa shape index (κ1) is 11.9. The highest BCUT2D eigenvalue weighted by molar-refractivity contribution is 9.10. The molecule has 1 rings (SSSR count). The molecule has 0 aliphatic carbocycles. The summed E-state index contributed by atoms with van der Waals surface area (Å²) in [5.74, 6) is 1.92. The number of alkyl halides is 3. The lowest BCUT2D eigenvalue weighted by atomic mass is 10.2. The number of nitrogens with one attached hydrogen (secondary N) is 1. The fourth-order valence-corrected chi connectivity index (χ4v) is 1.26. The Balaban J connectivity index is 3.10. The van der Waals surface area contributed by atoms with Crippen molar-refractivity contribution in [1.29, 1.82) is 0 Å². The molecule has 2 nitrogen and oxygen atoms in total. The molecule has 1 aromatic rings. The van der Waals surface area contributed by atoms with Crippen LogP contribution in [0.2, 0.25) is 0 Å². The van der Waals surface area contributed by atoms with Crippen LogP contribution >= 0.6 is 15.9 Å². The molecule has 0 amide bonds. The van der Waals surface area contributed by atoms with E-state index in [0.29, 0.717) is 0 Å². The van der Waals surface area contributed by atoms with Crippen molar-refractivity contribution < 1.29 is 13.2 Å². The second kappa shape index (κ2) is 4.53. The van der Waals surface area contributed by atoms with E-state index >= 15 is 0 Å². The molecule has 1 heterocycles. The molecule has 0 saturated heterocycles. The molecule has 80 valence electrons. The first-order valence-corrected chi connectivity index (χ1v) is 4.64. The second-order valence-corrected chi connectivity index (χ2v) is 3.52. The van der Waals surface area contributed by atoms with Crippen LogP contribution < -0.4 is 5.32 Å². The Bertz CT molecular complexity index is 395. The summed E-state index contributed by atoms with van der Waals surface area (Å²) in [7, 11) is 0. The van der Waals surface area contributed by atoms with Crippen LogP contribution in [0.5, 0.6) is 0 Å². The molecule has 0 unspecified atom stereocenters. The molecule has 1 aromatic heterocycles. The van der Waals surface area contributed by atoms with Crippen LogP contribution in [0.1, 0.15) is 5.56 Å². The lowest BCUT2D eigenvalue weighted by molar-refractivity contribution is -0.137. The normalized spacial score (nSPS) is 10.9. The summed E-state index contributed by atoms with van der Waals surface area (Å²) in [6, 6.07) is 0.950. The molecular weight excluding hydrogens is 273 g/mol. The maximum absolute atomic E-state index is 12.5. The average Bonchev–Trinajstić information content (AvgIpc) is 2.14. The Kier molecular flexibility index (Phi) is 3.58. The topological polar surface area (TPSA) is 24.9 Å². The van der Waals surface area contributed by atoms with Crippen LogP contribution in [0.15, 0.2) is 16.7 Å². The monoisotopic (exact) mass is 278 g/mol. The van der Waals surface area contributed by atoms with Gasteiger partial charge < -0.3 is 5.32 Å². The molecule has 0 radical (unpaired) electrons. The number of hydrogen-bond donors (Lipinski definition) is 1. The third kappa shape index (κ3) is 3.13. The predicted molar refractivity (Wildman–Crippen MR) is 54.3 cm³/mol. The molecule has 15 heavy (non-hydrogen) atoms. The van der Waals surface area contributed by atoms with Crippen LogP contribution in [-0.2, 0) is 6.18 Å². The standard InChI is InChI=1S/C9H6BrF3N2/c1-2-3-14-8-7(9(11,12)13)4-6(10)5-15-8/h1,4-5H,3H2,(H,14,15). The summed E-state index contributed by atoms with van der Waals surface area (Å²) < 4.78 is 37.8. The fraction of sp³-hybridized carbons (Fsp3) is 0.222. The highest BCUT2D eigenvalue weighted by Crippen LogP contribution is 2.35. The van der Waals surface area contributed by atoms with Gasteiger partial charge in [0.05, 0.1) is 12.1 Å². The van der Waals surface area contributed by atoms with Crippen LogP contribution in [-0.4, -0.2) is 11.5 Å². The van der Waals surface area contributed by atoms with Gasteiger partial charge in [-0.2, -0.15) is 13.2 Å². The number of rotatable bonds is 2. The summed E-state index contributed by atoms with van der Waals surface area (Å²) in [4.78, 5) is 3.61. The van der Waals surface area contributed by atoms with Crippen molar-refractivity contribution in [3.63, 3.8) is 0 Å². The first-order chi connectivity index (χ1) is 6.95. The van der Waals surface area contributed by atoms with Crippen LogP contribution in [0.25, 0.3) is 0 Å². The molecule has 0 aliphatic rings. The Labute approximate surface area is 93.0 Å². The van der Waals surface area contributed by atoms with Crippen molar-refractivity contribution in [2.24, 2.45) is 0 Å². The van der Waals surface area contributed by atoms with Crippen LogP contribution in [0.3, 0.4) is 0 Å². The Hall–Kier alpha value is -1.22.